The molecule has 0 bridgehead atoms. The Hall–Kier alpha value is -2.54. The number of halogens is 1. The van der Waals surface area contributed by atoms with Crippen molar-refractivity contribution in [3.05, 3.63) is 65.7 Å². The summed E-state index contributed by atoms with van der Waals surface area (Å²) in [4.78, 5) is 4.50. The van der Waals surface area contributed by atoms with Crippen LogP contribution >= 0.6 is 0 Å². The quantitative estimate of drug-likeness (QED) is 0.734. The van der Waals surface area contributed by atoms with Crippen molar-refractivity contribution in [1.82, 2.24) is 10.1 Å². The number of benzene rings is 2. The van der Waals surface area contributed by atoms with Crippen LogP contribution in [-0.2, 0) is 16.3 Å². The highest BCUT2D eigenvalue weighted by atomic mass is 32.2. The second-order valence-electron chi connectivity index (χ2n) is 5.12. The zero-order valence-corrected chi connectivity index (χ0v) is 13.0. The molecule has 0 radical (unpaired) electrons. The highest BCUT2D eigenvalue weighted by molar-refractivity contribution is 7.90. The summed E-state index contributed by atoms with van der Waals surface area (Å²) in [5.41, 5.74) is 1.50. The summed E-state index contributed by atoms with van der Waals surface area (Å²) in [6.45, 7) is 0. The molecule has 0 saturated heterocycles. The van der Waals surface area contributed by atoms with Crippen molar-refractivity contribution in [2.24, 2.45) is 0 Å². The van der Waals surface area contributed by atoms with Crippen molar-refractivity contribution in [2.75, 3.05) is 6.26 Å². The maximum Gasteiger partial charge on any atom is 0.257 e. The number of hydrogen-bond donors (Lipinski definition) is 0. The average Bonchev–Trinajstić information content (AvgIpc) is 2.97. The molecule has 7 heteroatoms. The van der Waals surface area contributed by atoms with Crippen LogP contribution in [0.4, 0.5) is 4.39 Å². The van der Waals surface area contributed by atoms with E-state index < -0.39 is 9.84 Å². The van der Waals surface area contributed by atoms with Gasteiger partial charge in [0.2, 0.25) is 0 Å². The van der Waals surface area contributed by atoms with Crippen molar-refractivity contribution in [2.45, 2.75) is 11.3 Å². The first-order valence-electron chi connectivity index (χ1n) is 6.79. The molecule has 0 N–H and O–H groups in total. The van der Waals surface area contributed by atoms with Gasteiger partial charge in [-0.25, -0.2) is 12.8 Å². The van der Waals surface area contributed by atoms with Crippen LogP contribution in [0.25, 0.3) is 11.5 Å². The zero-order valence-electron chi connectivity index (χ0n) is 12.2. The molecule has 0 fully saturated rings. The molecule has 0 aliphatic carbocycles. The third-order valence-corrected chi connectivity index (χ3v) is 4.40. The van der Waals surface area contributed by atoms with Crippen LogP contribution in [0.2, 0.25) is 0 Å². The Morgan fingerprint density at radius 2 is 1.70 bits per heavy atom. The Morgan fingerprint density at radius 1 is 1.04 bits per heavy atom. The predicted octanol–water partition coefficient (Wildman–Crippen LogP) is 2.87. The Kier molecular flexibility index (Phi) is 3.96. The molecule has 0 unspecified atom stereocenters. The minimum atomic E-state index is -3.24. The van der Waals surface area contributed by atoms with Crippen LogP contribution < -0.4 is 0 Å². The second-order valence-corrected chi connectivity index (χ2v) is 7.13. The first-order chi connectivity index (χ1) is 10.9. The van der Waals surface area contributed by atoms with E-state index in [0.29, 0.717) is 23.7 Å². The maximum absolute atomic E-state index is 12.9. The van der Waals surface area contributed by atoms with E-state index in [2.05, 4.69) is 10.1 Å². The van der Waals surface area contributed by atoms with Crippen LogP contribution in [0.15, 0.2) is 57.9 Å². The molecule has 2 aromatic carbocycles. The van der Waals surface area contributed by atoms with E-state index in [1.165, 1.54) is 24.3 Å². The Balaban J connectivity index is 1.80. The molecule has 1 heterocycles. The van der Waals surface area contributed by atoms with Crippen LogP contribution in [0.3, 0.4) is 0 Å². The Labute approximate surface area is 132 Å². The smallest absolute Gasteiger partial charge is 0.257 e. The number of sulfone groups is 1. The normalized spacial score (nSPS) is 11.6. The van der Waals surface area contributed by atoms with Gasteiger partial charge in [-0.3, -0.25) is 0 Å². The van der Waals surface area contributed by atoms with E-state index in [9.17, 15) is 12.8 Å². The molecular weight excluding hydrogens is 319 g/mol. The van der Waals surface area contributed by atoms with E-state index in [1.54, 1.807) is 24.3 Å². The first kappa shape index (κ1) is 15.4. The van der Waals surface area contributed by atoms with E-state index >= 15 is 0 Å². The first-order valence-corrected chi connectivity index (χ1v) is 8.68. The van der Waals surface area contributed by atoms with Gasteiger partial charge in [-0.05, 0) is 42.0 Å². The van der Waals surface area contributed by atoms with Crippen molar-refractivity contribution in [3.8, 4) is 11.5 Å². The van der Waals surface area contributed by atoms with E-state index in [1.807, 2.05) is 0 Å². The van der Waals surface area contributed by atoms with Gasteiger partial charge in [-0.1, -0.05) is 17.3 Å². The van der Waals surface area contributed by atoms with Crippen molar-refractivity contribution < 1.29 is 17.3 Å². The molecule has 1 aromatic heterocycles. The topological polar surface area (TPSA) is 73.1 Å². The number of aromatic nitrogens is 2. The molecule has 3 rings (SSSR count). The molecule has 0 saturated carbocycles. The lowest BCUT2D eigenvalue weighted by Crippen LogP contribution is -1.96. The summed E-state index contributed by atoms with van der Waals surface area (Å²) >= 11 is 0. The van der Waals surface area contributed by atoms with Crippen molar-refractivity contribution in [1.29, 1.82) is 0 Å². The predicted molar refractivity (Wildman–Crippen MR) is 82.0 cm³/mol. The second kappa shape index (κ2) is 5.92. The lowest BCUT2D eigenvalue weighted by atomic mass is 10.1. The molecule has 3 aromatic rings. The molecule has 0 spiro atoms. The lowest BCUT2D eigenvalue weighted by Gasteiger charge is -1.98. The van der Waals surface area contributed by atoms with Crippen LogP contribution in [-0.4, -0.2) is 24.8 Å². The van der Waals surface area contributed by atoms with E-state index in [4.69, 9.17) is 4.52 Å². The van der Waals surface area contributed by atoms with Gasteiger partial charge in [0.25, 0.3) is 5.89 Å². The summed E-state index contributed by atoms with van der Waals surface area (Å²) < 4.78 is 40.9. The van der Waals surface area contributed by atoms with Crippen LogP contribution in [0.1, 0.15) is 11.4 Å². The number of rotatable bonds is 4. The van der Waals surface area contributed by atoms with Crippen molar-refractivity contribution in [3.63, 3.8) is 0 Å². The molecule has 23 heavy (non-hydrogen) atoms. The third-order valence-electron chi connectivity index (χ3n) is 3.27. The molecular formula is C16H13FN2O3S. The standard InChI is InChI=1S/C16H13FN2O3S/c1-23(20,21)14-8-4-12(5-9-14)16-18-15(19-22-16)10-11-2-6-13(17)7-3-11/h2-9H,10H2,1H3. The molecule has 0 aliphatic heterocycles. The summed E-state index contributed by atoms with van der Waals surface area (Å²) in [7, 11) is -3.24. The van der Waals surface area contributed by atoms with E-state index in [-0.39, 0.29) is 10.7 Å². The fourth-order valence-electron chi connectivity index (χ4n) is 2.07. The largest absolute Gasteiger partial charge is 0.334 e. The molecule has 118 valence electrons. The van der Waals surface area contributed by atoms with Crippen molar-refractivity contribution >= 4 is 9.84 Å². The zero-order chi connectivity index (χ0) is 16.4. The van der Waals surface area contributed by atoms with Crippen LogP contribution in [0, 0.1) is 5.82 Å². The van der Waals surface area contributed by atoms with Gasteiger partial charge in [0.15, 0.2) is 15.7 Å². The Morgan fingerprint density at radius 3 is 2.30 bits per heavy atom. The summed E-state index contributed by atoms with van der Waals surface area (Å²) in [5.74, 6) is 0.481. The lowest BCUT2D eigenvalue weighted by molar-refractivity contribution is 0.424. The highest BCUT2D eigenvalue weighted by Crippen LogP contribution is 2.20. The monoisotopic (exact) mass is 332 g/mol. The van der Waals surface area contributed by atoms with Gasteiger partial charge in [0.05, 0.1) is 4.90 Å². The molecule has 5 nitrogen and oxygen atoms in total. The SMILES string of the molecule is CS(=O)(=O)c1ccc(-c2nc(Cc3ccc(F)cc3)no2)cc1. The summed E-state index contributed by atoms with van der Waals surface area (Å²) in [6.07, 6.45) is 1.57. The maximum atomic E-state index is 12.9. The third kappa shape index (κ3) is 3.62. The van der Waals surface area contributed by atoms with E-state index in [0.717, 1.165) is 11.8 Å². The van der Waals surface area contributed by atoms with Gasteiger partial charge in [0.1, 0.15) is 5.82 Å². The van der Waals surface area contributed by atoms with Gasteiger partial charge in [-0.2, -0.15) is 4.98 Å². The Bertz CT molecular complexity index is 917. The van der Waals surface area contributed by atoms with Crippen LogP contribution in [0.5, 0.6) is 0 Å². The minimum Gasteiger partial charge on any atom is -0.334 e. The molecule has 0 amide bonds. The molecule has 0 aliphatic rings. The van der Waals surface area contributed by atoms with Gasteiger partial charge < -0.3 is 4.52 Å². The number of nitrogens with zero attached hydrogens (tertiary/aromatic N) is 2. The highest BCUT2D eigenvalue weighted by Gasteiger charge is 2.12. The van der Waals surface area contributed by atoms with Gasteiger partial charge >= 0.3 is 0 Å². The minimum absolute atomic E-state index is 0.229. The fourth-order valence-corrected chi connectivity index (χ4v) is 2.70. The average molecular weight is 332 g/mol. The summed E-state index contributed by atoms with van der Waals surface area (Å²) in [6, 6.07) is 12.3. The number of hydrogen-bond acceptors (Lipinski definition) is 5. The van der Waals surface area contributed by atoms with Gasteiger partial charge in [-0.15, -0.1) is 0 Å². The molecule has 0 atom stereocenters. The van der Waals surface area contributed by atoms with Gasteiger partial charge in [0, 0.05) is 18.2 Å². The summed E-state index contributed by atoms with van der Waals surface area (Å²) in [5, 5.41) is 3.88. The fraction of sp³-hybridized carbons (Fsp3) is 0.125.